The second-order valence-corrected chi connectivity index (χ2v) is 4.95. The average Bonchev–Trinajstić information content (AvgIpc) is 3.11. The van der Waals surface area contributed by atoms with Crippen LogP contribution in [0.4, 0.5) is 11.9 Å². The Labute approximate surface area is 118 Å². The van der Waals surface area contributed by atoms with Crippen LogP contribution in [-0.4, -0.2) is 36.3 Å². The fourth-order valence-electron chi connectivity index (χ4n) is 1.63. The van der Waals surface area contributed by atoms with Crippen LogP contribution >= 0.6 is 11.3 Å². The Kier molecular flexibility index (Phi) is 3.50. The summed E-state index contributed by atoms with van der Waals surface area (Å²) in [6.45, 7) is 0.723. The molecule has 0 aliphatic rings. The van der Waals surface area contributed by atoms with Crippen LogP contribution in [0.2, 0.25) is 0 Å². The number of anilines is 2. The van der Waals surface area contributed by atoms with Gasteiger partial charge in [0.2, 0.25) is 11.9 Å². The quantitative estimate of drug-likeness (QED) is 0.713. The molecule has 0 radical (unpaired) electrons. The fraction of sp³-hybridized carbons (Fsp3) is 0.182. The van der Waals surface area contributed by atoms with Gasteiger partial charge in [0.05, 0.1) is 0 Å². The number of rotatable bonds is 5. The number of thiophene rings is 1. The summed E-state index contributed by atoms with van der Waals surface area (Å²) in [5.74, 6) is 0.914. The summed E-state index contributed by atoms with van der Waals surface area (Å²) < 4.78 is 1.43. The van der Waals surface area contributed by atoms with Gasteiger partial charge in [-0.05, 0) is 17.9 Å². The summed E-state index contributed by atoms with van der Waals surface area (Å²) in [4.78, 5) is 17.5. The molecule has 3 heterocycles. The molecule has 0 spiro atoms. The molecule has 0 fully saturated rings. The van der Waals surface area contributed by atoms with Crippen molar-refractivity contribution in [3.63, 3.8) is 0 Å². The van der Waals surface area contributed by atoms with Crippen LogP contribution in [0, 0.1) is 0 Å². The van der Waals surface area contributed by atoms with Gasteiger partial charge in [-0.15, -0.1) is 11.3 Å². The molecule has 20 heavy (non-hydrogen) atoms. The molecule has 3 aromatic rings. The summed E-state index contributed by atoms with van der Waals surface area (Å²) in [6, 6.07) is 4.12. The van der Waals surface area contributed by atoms with Crippen LogP contribution in [0.1, 0.15) is 4.88 Å². The Morgan fingerprint density at radius 1 is 1.30 bits per heavy atom. The van der Waals surface area contributed by atoms with E-state index in [1.165, 1.54) is 22.2 Å². The lowest BCUT2D eigenvalue weighted by Crippen LogP contribution is -2.13. The topological polar surface area (TPSA) is 107 Å². The minimum Gasteiger partial charge on any atom is -0.368 e. The van der Waals surface area contributed by atoms with Crippen LogP contribution in [0.3, 0.4) is 0 Å². The molecule has 0 aliphatic carbocycles. The third kappa shape index (κ3) is 2.88. The Bertz CT molecular complexity index is 664. The second-order valence-electron chi connectivity index (χ2n) is 3.91. The van der Waals surface area contributed by atoms with Crippen LogP contribution in [-0.2, 0) is 6.42 Å². The molecule has 0 saturated carbocycles. The molecule has 3 N–H and O–H groups in total. The van der Waals surface area contributed by atoms with E-state index in [1.54, 1.807) is 11.3 Å². The van der Waals surface area contributed by atoms with Gasteiger partial charge in [0.1, 0.15) is 12.7 Å². The van der Waals surface area contributed by atoms with Crippen molar-refractivity contribution in [3.05, 3.63) is 35.0 Å². The predicted molar refractivity (Wildman–Crippen MR) is 75.7 cm³/mol. The zero-order chi connectivity index (χ0) is 13.8. The van der Waals surface area contributed by atoms with E-state index in [-0.39, 0.29) is 5.95 Å². The van der Waals surface area contributed by atoms with Gasteiger partial charge in [-0.25, -0.2) is 4.98 Å². The normalized spacial score (nSPS) is 10.6. The molecule has 3 rings (SSSR count). The zero-order valence-corrected chi connectivity index (χ0v) is 11.3. The highest BCUT2D eigenvalue weighted by molar-refractivity contribution is 7.09. The lowest BCUT2D eigenvalue weighted by Gasteiger charge is -2.06. The minimum atomic E-state index is 0.143. The lowest BCUT2D eigenvalue weighted by molar-refractivity contribution is 0.796. The van der Waals surface area contributed by atoms with Crippen molar-refractivity contribution in [2.45, 2.75) is 6.42 Å². The first-order chi connectivity index (χ1) is 9.81. The van der Waals surface area contributed by atoms with Crippen molar-refractivity contribution in [1.82, 2.24) is 29.7 Å². The van der Waals surface area contributed by atoms with Gasteiger partial charge >= 0.3 is 0 Å². The standard InChI is InChI=1S/C11H12N8S/c12-9-16-10(14-4-3-8-2-1-5-20-8)18-11(17-9)19-7-13-6-15-19/h1-2,5-7H,3-4H2,(H3,12,14,16,17,18). The molecule has 8 nitrogen and oxygen atoms in total. The van der Waals surface area contributed by atoms with Crippen LogP contribution in [0.5, 0.6) is 0 Å². The van der Waals surface area contributed by atoms with E-state index >= 15 is 0 Å². The first kappa shape index (κ1) is 12.5. The monoisotopic (exact) mass is 288 g/mol. The van der Waals surface area contributed by atoms with E-state index in [0.29, 0.717) is 11.9 Å². The first-order valence-electron chi connectivity index (χ1n) is 5.94. The van der Waals surface area contributed by atoms with Crippen molar-refractivity contribution >= 4 is 23.2 Å². The molecule has 0 atom stereocenters. The van der Waals surface area contributed by atoms with Gasteiger partial charge in [-0.3, -0.25) is 0 Å². The van der Waals surface area contributed by atoms with Crippen LogP contribution in [0.15, 0.2) is 30.2 Å². The average molecular weight is 288 g/mol. The molecular formula is C11H12N8S. The van der Waals surface area contributed by atoms with E-state index in [2.05, 4.69) is 41.8 Å². The Hall–Kier alpha value is -2.55. The van der Waals surface area contributed by atoms with E-state index in [4.69, 9.17) is 5.73 Å². The third-order valence-electron chi connectivity index (χ3n) is 2.50. The van der Waals surface area contributed by atoms with Gasteiger partial charge < -0.3 is 11.1 Å². The molecule has 0 amide bonds. The van der Waals surface area contributed by atoms with Crippen LogP contribution in [0.25, 0.3) is 5.95 Å². The molecule has 0 bridgehead atoms. The summed E-state index contributed by atoms with van der Waals surface area (Å²) in [5, 5.41) is 9.14. The maximum atomic E-state index is 5.67. The summed E-state index contributed by atoms with van der Waals surface area (Å²) in [7, 11) is 0. The number of aromatic nitrogens is 6. The highest BCUT2D eigenvalue weighted by atomic mass is 32.1. The third-order valence-corrected chi connectivity index (χ3v) is 3.44. The minimum absolute atomic E-state index is 0.143. The maximum Gasteiger partial charge on any atom is 0.258 e. The van der Waals surface area contributed by atoms with Gasteiger partial charge in [0, 0.05) is 11.4 Å². The Balaban J connectivity index is 1.70. The number of nitrogens with two attached hydrogens (primary N) is 1. The molecule has 9 heteroatoms. The smallest absolute Gasteiger partial charge is 0.258 e. The van der Waals surface area contributed by atoms with Crippen molar-refractivity contribution in [3.8, 4) is 5.95 Å². The zero-order valence-electron chi connectivity index (χ0n) is 10.5. The van der Waals surface area contributed by atoms with Crippen LogP contribution < -0.4 is 11.1 Å². The SMILES string of the molecule is Nc1nc(NCCc2cccs2)nc(-n2cncn2)n1. The van der Waals surface area contributed by atoms with Crippen molar-refractivity contribution in [2.24, 2.45) is 0 Å². The first-order valence-corrected chi connectivity index (χ1v) is 6.82. The lowest BCUT2D eigenvalue weighted by atomic mass is 10.3. The molecule has 0 aromatic carbocycles. The van der Waals surface area contributed by atoms with Gasteiger partial charge in [0.25, 0.3) is 5.95 Å². The van der Waals surface area contributed by atoms with Gasteiger partial charge in [0.15, 0.2) is 0 Å². The van der Waals surface area contributed by atoms with Gasteiger partial charge in [-0.1, -0.05) is 6.07 Å². The molecular weight excluding hydrogens is 276 g/mol. The fourth-order valence-corrected chi connectivity index (χ4v) is 2.34. The molecule has 102 valence electrons. The maximum absolute atomic E-state index is 5.67. The van der Waals surface area contributed by atoms with Gasteiger partial charge in [-0.2, -0.15) is 24.7 Å². The van der Waals surface area contributed by atoms with E-state index in [0.717, 1.165) is 13.0 Å². The number of nitrogens with one attached hydrogen (secondary N) is 1. The van der Waals surface area contributed by atoms with Crippen molar-refractivity contribution < 1.29 is 0 Å². The van der Waals surface area contributed by atoms with E-state index in [1.807, 2.05) is 6.07 Å². The highest BCUT2D eigenvalue weighted by Crippen LogP contribution is 2.10. The highest BCUT2D eigenvalue weighted by Gasteiger charge is 2.06. The number of nitrogens with zero attached hydrogens (tertiary/aromatic N) is 6. The molecule has 0 aliphatic heterocycles. The number of hydrogen-bond acceptors (Lipinski definition) is 8. The number of nitrogen functional groups attached to an aromatic ring is 1. The second kappa shape index (κ2) is 5.61. The molecule has 0 unspecified atom stereocenters. The molecule has 3 aromatic heterocycles. The number of hydrogen-bond donors (Lipinski definition) is 2. The summed E-state index contributed by atoms with van der Waals surface area (Å²) >= 11 is 1.72. The van der Waals surface area contributed by atoms with Crippen molar-refractivity contribution in [2.75, 3.05) is 17.6 Å². The summed E-state index contributed by atoms with van der Waals surface area (Å²) in [5.41, 5.74) is 5.67. The van der Waals surface area contributed by atoms with E-state index in [9.17, 15) is 0 Å². The largest absolute Gasteiger partial charge is 0.368 e. The van der Waals surface area contributed by atoms with E-state index < -0.39 is 0 Å². The Morgan fingerprint density at radius 2 is 2.25 bits per heavy atom. The predicted octanol–water partition coefficient (Wildman–Crippen LogP) is 0.751. The summed E-state index contributed by atoms with van der Waals surface area (Å²) in [6.07, 6.45) is 3.82. The molecule has 0 saturated heterocycles. The Morgan fingerprint density at radius 3 is 3.00 bits per heavy atom. The van der Waals surface area contributed by atoms with Crippen molar-refractivity contribution in [1.29, 1.82) is 0 Å².